The molecule has 48 heteroatoms. The van der Waals surface area contributed by atoms with E-state index in [0.29, 0.717) is 150 Å². The number of thioether (sulfide) groups is 5. The molecule has 7 aromatic heterocycles. The van der Waals surface area contributed by atoms with E-state index >= 15 is 0 Å². The molecule has 34 nitrogen and oxygen atoms in total. The van der Waals surface area contributed by atoms with Crippen LogP contribution in [0.15, 0.2) is 86.8 Å². The number of aliphatic hydroxyl groups excluding tert-OH is 4. The third-order valence-electron chi connectivity index (χ3n) is 19.7. The van der Waals surface area contributed by atoms with Gasteiger partial charge in [-0.15, -0.1) is 61.0 Å². The molecular weight excluding hydrogens is 1930 g/mol. The molecule has 0 saturated carbocycles. The van der Waals surface area contributed by atoms with Gasteiger partial charge in [-0.05, 0) is 163 Å². The highest BCUT2D eigenvalue weighted by molar-refractivity contribution is 8.00. The number of carbonyl (C=O) groups excluding carboxylic acids is 5. The first-order valence-corrected chi connectivity index (χ1v) is 50.0. The van der Waals surface area contributed by atoms with Gasteiger partial charge in [-0.3, -0.25) is 19.2 Å². The van der Waals surface area contributed by atoms with Gasteiger partial charge in [0.25, 0.3) is 15.7 Å². The number of ketones is 1. The van der Waals surface area contributed by atoms with E-state index in [9.17, 15) is 71.2 Å². The maximum absolute atomic E-state index is 12.5. The number of nitrogens with zero attached hydrogens (tertiary/aromatic N) is 14. The standard InChI is InChI=1S/C23H31N7O2S2.C17H28N4O3S.C13H14F3N3O3S2.C12H20N4OS.C11H19NO2.C7H11N3OS.CH4.4ClH/c1-3-4-13-11-17(29-22-18(13)19(24)20(34-22)21(25)32)30-9-6-14(7-10-30)27-12-16(31)15-5-8-26-23(28-15)33-2;1-17(2,3)24-16(23)21-9-6-12(7-10-21)19-11-14(22)13-5-8-18-15(20-13)25-4;1-2-3-8-4-9(7-24(21,22)13(14,15)16)19-12(10(8)5-17)23-6-11(18)20;1-18-12-14-7-4-10(16-12)11(17)8-15-9-2-5-13-6-3-9;1-11(2,3)8-10(14)12-6-4-9(13)5-7-12;1-12-7-9-3-2-5(10-7)6(11)4-8;;;;;/h5,8,11,14,16,27,31H,3-4,6-7,9-10,12,24H2,1-2H3,(H2,25,32);5,8,12,14,19,22H,6-7,9-11H2,1-4H3;4H,2-3,6-7H2,1H3,(H2,18,20);4,7,9,11,13,15,17H,2-3,5-6,8H2,1H3;4-8H2,1-3H3;2-3,6,11H,4,8H2,1H3;1H4;4*1H. The fraction of sp³-hybridized carbons (Fsp3) is 0.595. The van der Waals surface area contributed by atoms with Crippen molar-refractivity contribution in [2.45, 2.75) is 231 Å². The van der Waals surface area contributed by atoms with Crippen molar-refractivity contribution in [2.24, 2.45) is 22.6 Å². The Bertz CT molecular complexity index is 4840. The van der Waals surface area contributed by atoms with E-state index in [1.807, 2.05) is 56.8 Å². The topological polar surface area (TPSA) is 524 Å². The molecule has 0 bridgehead atoms. The van der Waals surface area contributed by atoms with Crippen molar-refractivity contribution in [3.63, 3.8) is 0 Å². The number of alkyl halides is 3. The van der Waals surface area contributed by atoms with Crippen LogP contribution in [-0.4, -0.2) is 257 Å². The molecule has 4 atom stereocenters. The number of aliphatic hydroxyl groups is 4. The second-order valence-electron chi connectivity index (χ2n) is 32.1. The zero-order valence-electron chi connectivity index (χ0n) is 75.7. The summed E-state index contributed by atoms with van der Waals surface area (Å²) in [5.74, 6) is -1.39. The highest BCUT2D eigenvalue weighted by Crippen LogP contribution is 2.38. The number of carbonyl (C=O) groups is 5. The molecule has 4 aliphatic heterocycles. The maximum atomic E-state index is 12.5. The van der Waals surface area contributed by atoms with Crippen molar-refractivity contribution < 1.29 is 70.7 Å². The van der Waals surface area contributed by atoms with Gasteiger partial charge in [-0.25, -0.2) is 63.1 Å². The molecule has 4 saturated heterocycles. The van der Waals surface area contributed by atoms with Crippen LogP contribution in [0.3, 0.4) is 0 Å². The SMILES string of the molecule is C.CC(C)(C)CC(=O)N1CCC(=O)CC1.CCCc1cc(CS(=O)(=O)C(F)(F)F)nc(SCC(N)=O)c1C#N.CCCc1cc(N2CCC(NCC(O)c3ccnc(SC)n3)CC2)nc2sc(C(N)=O)c(N)c12.CSc1nccc(C(O)CN)n1.CSc1nccc(C(O)CNC2CCN(C(=O)OC(C)(C)C)CC2)n1.CSc1nccc(C(O)CNC2CCNCC2)n1.Cl.Cl.Cl.Cl. The predicted octanol–water partition coefficient (Wildman–Crippen LogP) is 11.6. The summed E-state index contributed by atoms with van der Waals surface area (Å²) in [5.41, 5.74) is 20.5. The van der Waals surface area contributed by atoms with Crippen LogP contribution in [0.4, 0.5) is 29.5 Å². The molecule has 132 heavy (non-hydrogen) atoms. The molecule has 4 fully saturated rings. The summed E-state index contributed by atoms with van der Waals surface area (Å²) in [6.45, 7) is 23.7. The number of rotatable bonds is 30. The van der Waals surface area contributed by atoms with Crippen LogP contribution >= 0.6 is 120 Å². The van der Waals surface area contributed by atoms with E-state index in [1.54, 1.807) is 60.9 Å². The number of hydrogen-bond acceptors (Lipinski definition) is 36. The summed E-state index contributed by atoms with van der Waals surface area (Å²) in [6, 6.07) is 13.2. The third-order valence-corrected chi connectivity index (χ3v) is 25.4. The molecule has 0 spiro atoms. The summed E-state index contributed by atoms with van der Waals surface area (Å²) in [7, 11) is -5.40. The molecule has 0 radical (unpaired) electrons. The van der Waals surface area contributed by atoms with Gasteiger partial charge in [-0.2, -0.15) is 18.4 Å². The van der Waals surface area contributed by atoms with E-state index in [0.717, 1.165) is 111 Å². The number of ether oxygens (including phenoxy) is 1. The quantitative estimate of drug-likeness (QED) is 0.0147. The Morgan fingerprint density at radius 1 is 0.636 bits per heavy atom. The minimum Gasteiger partial charge on any atom is -0.444 e. The van der Waals surface area contributed by atoms with Crippen molar-refractivity contribution >= 4 is 181 Å². The first-order chi connectivity index (χ1) is 60.1. The Morgan fingerprint density at radius 3 is 1.45 bits per heavy atom. The number of hydrogen-bond donors (Lipinski definition) is 12. The Morgan fingerprint density at radius 2 is 1.06 bits per heavy atom. The highest BCUT2D eigenvalue weighted by atomic mass is 35.5. The lowest BCUT2D eigenvalue weighted by molar-refractivity contribution is -0.136. The lowest BCUT2D eigenvalue weighted by Crippen LogP contribution is -2.47. The molecule has 4 aliphatic rings. The third kappa shape index (κ3) is 42.1. The van der Waals surface area contributed by atoms with Crippen LogP contribution in [0.5, 0.6) is 0 Å². The zero-order chi connectivity index (χ0) is 93.8. The molecule has 0 aliphatic carbocycles. The minimum absolute atomic E-state index is 0. The second kappa shape index (κ2) is 61.5. The van der Waals surface area contributed by atoms with E-state index in [-0.39, 0.29) is 115 Å². The first kappa shape index (κ1) is 123. The van der Waals surface area contributed by atoms with Crippen LogP contribution in [0.25, 0.3) is 10.2 Å². The fourth-order valence-electron chi connectivity index (χ4n) is 13.1. The van der Waals surface area contributed by atoms with Crippen LogP contribution in [-0.2, 0) is 47.6 Å². The molecule has 4 amide bonds. The van der Waals surface area contributed by atoms with Crippen molar-refractivity contribution in [2.75, 3.05) is 120 Å². The van der Waals surface area contributed by atoms with E-state index in [4.69, 9.17) is 32.7 Å². The van der Waals surface area contributed by atoms with Crippen LogP contribution in [0.1, 0.15) is 213 Å². The summed E-state index contributed by atoms with van der Waals surface area (Å²) in [6.07, 6.45) is 21.7. The largest absolute Gasteiger partial charge is 0.497 e. The number of Topliss-reactive ketones (excluding diaryl/α,β-unsaturated/α-hetero) is 1. The van der Waals surface area contributed by atoms with Gasteiger partial charge in [-0.1, -0.05) is 114 Å². The van der Waals surface area contributed by atoms with Gasteiger partial charge in [0, 0.05) is 133 Å². The smallest absolute Gasteiger partial charge is 0.444 e. The number of nitrogens with one attached hydrogen (secondary N) is 4. The Kier molecular flexibility index (Phi) is 57.5. The van der Waals surface area contributed by atoms with E-state index < -0.39 is 62.9 Å². The predicted molar refractivity (Wildman–Crippen MR) is 529 cm³/mol. The van der Waals surface area contributed by atoms with Gasteiger partial charge >= 0.3 is 11.6 Å². The monoisotopic (exact) mass is 2060 g/mol. The molecule has 7 aromatic rings. The average molecular weight is 2060 g/mol. The number of nitrogens with two attached hydrogens (primary N) is 4. The number of sulfone groups is 1. The fourth-order valence-corrected chi connectivity index (χ4v) is 17.1. The highest BCUT2D eigenvalue weighted by Gasteiger charge is 2.46. The van der Waals surface area contributed by atoms with Crippen molar-refractivity contribution in [1.29, 1.82) is 5.26 Å². The number of likely N-dealkylation sites (tertiary alicyclic amines) is 2. The number of nitriles is 1. The van der Waals surface area contributed by atoms with Gasteiger partial charge in [0.15, 0.2) is 20.6 Å². The summed E-state index contributed by atoms with van der Waals surface area (Å²) >= 11 is 7.89. The second-order valence-corrected chi connectivity index (χ2v) is 39.2. The lowest BCUT2D eigenvalue weighted by Gasteiger charge is -2.34. The van der Waals surface area contributed by atoms with Crippen LogP contribution < -0.4 is 49.1 Å². The summed E-state index contributed by atoms with van der Waals surface area (Å²) < 4.78 is 65.6. The molecule has 4 unspecified atom stereocenters. The lowest BCUT2D eigenvalue weighted by atomic mass is 9.91. The molecule has 11 heterocycles. The molecule has 11 rings (SSSR count). The number of amides is 4. The Hall–Kier alpha value is -6.69. The number of primary amides is 2. The molecule has 740 valence electrons. The van der Waals surface area contributed by atoms with Crippen LogP contribution in [0.2, 0.25) is 0 Å². The van der Waals surface area contributed by atoms with Gasteiger partial charge in [0.2, 0.25) is 11.8 Å². The van der Waals surface area contributed by atoms with Crippen molar-refractivity contribution in [3.8, 4) is 6.07 Å². The number of thiophene rings is 1. The number of fused-ring (bicyclic) bond motifs is 1. The summed E-state index contributed by atoms with van der Waals surface area (Å²) in [4.78, 5) is 107. The minimum atomic E-state index is -5.40. The number of piperidine rings is 4. The average Bonchev–Trinajstić information content (AvgIpc) is 1.62. The maximum Gasteiger partial charge on any atom is 0.497 e. The Labute approximate surface area is 822 Å². The number of aromatic nitrogens is 10. The van der Waals surface area contributed by atoms with Gasteiger partial charge < -0.3 is 84.1 Å². The molecule has 16 N–H and O–H groups in total. The molecular formula is C84H131Cl4F3N22O12S7. The van der Waals surface area contributed by atoms with E-state index in [2.05, 4.69) is 105 Å². The molecule has 0 aromatic carbocycles. The zero-order valence-corrected chi connectivity index (χ0v) is 84.6. The number of anilines is 2. The van der Waals surface area contributed by atoms with Gasteiger partial charge in [0.1, 0.15) is 68.2 Å². The van der Waals surface area contributed by atoms with E-state index in [1.165, 1.54) is 64.5 Å². The number of nitrogen functional groups attached to an aromatic ring is 1. The first-order valence-electron chi connectivity index (χ1n) is 41.6. The normalized spacial score (nSPS) is 15.2. The Balaban J connectivity index is 0.000000811. The van der Waals surface area contributed by atoms with Crippen LogP contribution in [0, 0.1) is 16.7 Å². The van der Waals surface area contributed by atoms with Crippen molar-refractivity contribution in [3.05, 3.63) is 111 Å². The number of pyridine rings is 2. The number of aryl methyl sites for hydroxylation is 2. The number of halogens is 7. The summed E-state index contributed by atoms with van der Waals surface area (Å²) in [5, 5.41) is 66.6. The van der Waals surface area contributed by atoms with Gasteiger partial charge in [0.05, 0.1) is 45.5 Å². The van der Waals surface area contributed by atoms with Crippen molar-refractivity contribution in [1.82, 2.24) is 80.9 Å².